The molecule has 0 aliphatic heterocycles. The highest BCUT2D eigenvalue weighted by Gasteiger charge is 2.21. The second-order valence-corrected chi connectivity index (χ2v) is 8.11. The summed E-state index contributed by atoms with van der Waals surface area (Å²) in [5.74, 6) is -0.0899. The Morgan fingerprint density at radius 3 is 2.56 bits per heavy atom. The zero-order valence-electron chi connectivity index (χ0n) is 18.6. The molecule has 3 aromatic carbocycles. The van der Waals surface area contributed by atoms with E-state index in [2.05, 4.69) is 6.07 Å². The number of fused-ring (bicyclic) bond motifs is 2. The molecule has 0 spiro atoms. The van der Waals surface area contributed by atoms with Gasteiger partial charge in [0.25, 0.3) is 0 Å². The van der Waals surface area contributed by atoms with Gasteiger partial charge in [0.15, 0.2) is 5.76 Å². The van der Waals surface area contributed by atoms with Gasteiger partial charge in [0.1, 0.15) is 23.6 Å². The number of furan rings is 1. The lowest BCUT2D eigenvalue weighted by Crippen LogP contribution is -2.04. The van der Waals surface area contributed by atoms with Gasteiger partial charge in [0, 0.05) is 10.9 Å². The molecule has 5 aromatic rings. The fourth-order valence-corrected chi connectivity index (χ4v) is 4.10. The molecule has 5 rings (SSSR count). The Bertz CT molecular complexity index is 1610. The summed E-state index contributed by atoms with van der Waals surface area (Å²) in [5, 5.41) is 20.5. The number of rotatable bonds is 5. The maximum Gasteiger partial charge on any atom is 0.336 e. The first-order valence-corrected chi connectivity index (χ1v) is 10.7. The first-order valence-electron chi connectivity index (χ1n) is 10.7. The molecule has 0 amide bonds. The van der Waals surface area contributed by atoms with Crippen LogP contribution in [-0.4, -0.2) is 16.1 Å². The fourth-order valence-electron chi connectivity index (χ4n) is 4.10. The van der Waals surface area contributed by atoms with E-state index in [1.54, 1.807) is 24.3 Å². The van der Waals surface area contributed by atoms with Gasteiger partial charge in [0.05, 0.1) is 28.1 Å². The van der Waals surface area contributed by atoms with Crippen molar-refractivity contribution in [3.63, 3.8) is 0 Å². The van der Waals surface area contributed by atoms with Crippen LogP contribution in [0.25, 0.3) is 33.3 Å². The summed E-state index contributed by atoms with van der Waals surface area (Å²) in [6, 6.07) is 22.0. The SMILES string of the molecule is Cc1c(-c2cc(C(=O)O)c3c(OCc4ccc(C#N)cc4)ccc(C)c3n2)oc2ccccc12. The standard InChI is InChI=1S/C28H20N2O4/c1-16-7-12-24(33-15-19-10-8-18(14-29)9-11-19)25-21(28(31)32)13-22(30-26(16)25)27-17(2)20-5-3-4-6-23(20)34-27/h3-13H,15H2,1-2H3,(H,31,32). The fraction of sp³-hybridized carbons (Fsp3) is 0.107. The van der Waals surface area contributed by atoms with Crippen LogP contribution in [0, 0.1) is 25.2 Å². The third-order valence-corrected chi connectivity index (χ3v) is 5.91. The average Bonchev–Trinajstić information content (AvgIpc) is 3.20. The summed E-state index contributed by atoms with van der Waals surface area (Å²) in [4.78, 5) is 17.1. The summed E-state index contributed by atoms with van der Waals surface area (Å²) in [6.07, 6.45) is 0. The Kier molecular flexibility index (Phi) is 5.23. The van der Waals surface area contributed by atoms with Gasteiger partial charge >= 0.3 is 5.97 Å². The highest BCUT2D eigenvalue weighted by molar-refractivity contribution is 6.07. The van der Waals surface area contributed by atoms with E-state index in [1.807, 2.05) is 56.3 Å². The van der Waals surface area contributed by atoms with Crippen molar-refractivity contribution in [1.82, 2.24) is 4.98 Å². The van der Waals surface area contributed by atoms with Gasteiger partial charge in [-0.1, -0.05) is 36.4 Å². The molecule has 34 heavy (non-hydrogen) atoms. The number of benzene rings is 3. The van der Waals surface area contributed by atoms with E-state index in [9.17, 15) is 9.90 Å². The number of aromatic nitrogens is 1. The molecule has 6 nitrogen and oxygen atoms in total. The largest absolute Gasteiger partial charge is 0.488 e. The Morgan fingerprint density at radius 1 is 1.09 bits per heavy atom. The Morgan fingerprint density at radius 2 is 1.85 bits per heavy atom. The van der Waals surface area contributed by atoms with Gasteiger partial charge in [0.2, 0.25) is 0 Å². The van der Waals surface area contributed by atoms with Gasteiger partial charge in [-0.2, -0.15) is 5.26 Å². The van der Waals surface area contributed by atoms with Gasteiger partial charge in [-0.15, -0.1) is 0 Å². The van der Waals surface area contributed by atoms with Gasteiger partial charge < -0.3 is 14.3 Å². The van der Waals surface area contributed by atoms with E-state index < -0.39 is 5.97 Å². The average molecular weight is 448 g/mol. The molecule has 1 N–H and O–H groups in total. The number of para-hydroxylation sites is 1. The number of nitrogens with zero attached hydrogens (tertiary/aromatic N) is 2. The number of aryl methyl sites for hydroxylation is 2. The highest BCUT2D eigenvalue weighted by Crippen LogP contribution is 2.37. The smallest absolute Gasteiger partial charge is 0.336 e. The van der Waals surface area contributed by atoms with Crippen LogP contribution < -0.4 is 4.74 Å². The summed E-state index contributed by atoms with van der Waals surface area (Å²) in [5.41, 5.74) is 5.01. The maximum atomic E-state index is 12.3. The zero-order chi connectivity index (χ0) is 23.8. The van der Waals surface area contributed by atoms with Crippen molar-refractivity contribution in [2.75, 3.05) is 0 Å². The third-order valence-electron chi connectivity index (χ3n) is 5.91. The predicted octanol–water partition coefficient (Wildman–Crippen LogP) is 6.41. The maximum absolute atomic E-state index is 12.3. The van der Waals surface area contributed by atoms with Gasteiger partial charge in [-0.25, -0.2) is 9.78 Å². The summed E-state index contributed by atoms with van der Waals surface area (Å²) >= 11 is 0. The van der Waals surface area contributed by atoms with Crippen LogP contribution in [0.3, 0.4) is 0 Å². The molecule has 0 fully saturated rings. The lowest BCUT2D eigenvalue weighted by Gasteiger charge is -2.14. The molecule has 0 saturated carbocycles. The third kappa shape index (κ3) is 3.63. The van der Waals surface area contributed by atoms with Crippen LogP contribution in [0.5, 0.6) is 5.75 Å². The molecule has 0 atom stereocenters. The van der Waals surface area contributed by atoms with Gasteiger partial charge in [-0.3, -0.25) is 0 Å². The minimum absolute atomic E-state index is 0.0957. The number of pyridine rings is 1. The lowest BCUT2D eigenvalue weighted by molar-refractivity contribution is 0.0698. The highest BCUT2D eigenvalue weighted by atomic mass is 16.5. The second-order valence-electron chi connectivity index (χ2n) is 8.11. The molecule has 0 aliphatic rings. The molecule has 2 heterocycles. The number of aromatic carboxylic acids is 1. The molecule has 6 heteroatoms. The normalized spacial score (nSPS) is 11.0. The monoisotopic (exact) mass is 448 g/mol. The van der Waals surface area contributed by atoms with Crippen LogP contribution in [0.4, 0.5) is 0 Å². The number of carboxylic acid groups (broad SMARTS) is 1. The first-order chi connectivity index (χ1) is 16.5. The molecular weight excluding hydrogens is 428 g/mol. The molecule has 166 valence electrons. The van der Waals surface area contributed by atoms with Crippen molar-refractivity contribution < 1.29 is 19.1 Å². The van der Waals surface area contributed by atoms with Gasteiger partial charge in [-0.05, 0) is 55.3 Å². The lowest BCUT2D eigenvalue weighted by atomic mass is 10.0. The summed E-state index contributed by atoms with van der Waals surface area (Å²) in [7, 11) is 0. The Labute approximate surface area is 195 Å². The van der Waals surface area contributed by atoms with Crippen LogP contribution in [0.1, 0.15) is 32.6 Å². The van der Waals surface area contributed by atoms with E-state index in [-0.39, 0.29) is 12.2 Å². The van der Waals surface area contributed by atoms with E-state index in [0.29, 0.717) is 33.7 Å². The van der Waals surface area contributed by atoms with Crippen molar-refractivity contribution in [2.45, 2.75) is 20.5 Å². The number of carbonyl (C=O) groups is 1. The van der Waals surface area contributed by atoms with Crippen LogP contribution in [0.15, 0.2) is 71.1 Å². The Balaban J connectivity index is 1.63. The number of carboxylic acids is 1. The van der Waals surface area contributed by atoms with Crippen LogP contribution >= 0.6 is 0 Å². The number of nitriles is 1. The molecule has 0 aliphatic carbocycles. The molecule has 0 bridgehead atoms. The molecule has 0 unspecified atom stereocenters. The van der Waals surface area contributed by atoms with E-state index in [4.69, 9.17) is 19.4 Å². The van der Waals surface area contributed by atoms with Crippen molar-refractivity contribution in [3.05, 3.63) is 94.5 Å². The number of ether oxygens (including phenoxy) is 1. The molecular formula is C28H20N2O4. The Hall–Kier alpha value is -4.63. The minimum Gasteiger partial charge on any atom is -0.488 e. The van der Waals surface area contributed by atoms with Crippen LogP contribution in [-0.2, 0) is 6.61 Å². The first kappa shape index (κ1) is 21.2. The summed E-state index contributed by atoms with van der Waals surface area (Å²) in [6.45, 7) is 4.06. The van der Waals surface area contributed by atoms with E-state index >= 15 is 0 Å². The minimum atomic E-state index is -1.07. The van der Waals surface area contributed by atoms with Crippen molar-refractivity contribution in [1.29, 1.82) is 5.26 Å². The zero-order valence-corrected chi connectivity index (χ0v) is 18.6. The number of hydrogen-bond acceptors (Lipinski definition) is 5. The quantitative estimate of drug-likeness (QED) is 0.333. The molecule has 0 saturated heterocycles. The van der Waals surface area contributed by atoms with Crippen molar-refractivity contribution >= 4 is 27.8 Å². The second kappa shape index (κ2) is 8.38. The predicted molar refractivity (Wildman–Crippen MR) is 129 cm³/mol. The topological polar surface area (TPSA) is 96.3 Å². The van der Waals surface area contributed by atoms with E-state index in [0.717, 1.165) is 27.7 Å². The number of hydrogen-bond donors (Lipinski definition) is 1. The molecule has 0 radical (unpaired) electrons. The summed E-state index contributed by atoms with van der Waals surface area (Å²) < 4.78 is 12.1. The molecule has 2 aromatic heterocycles. The van der Waals surface area contributed by atoms with Crippen molar-refractivity contribution in [3.8, 4) is 23.3 Å². The van der Waals surface area contributed by atoms with E-state index in [1.165, 1.54) is 0 Å². The van der Waals surface area contributed by atoms with Crippen LogP contribution in [0.2, 0.25) is 0 Å². The van der Waals surface area contributed by atoms with Crippen molar-refractivity contribution in [2.24, 2.45) is 0 Å².